The molecule has 0 heterocycles. The summed E-state index contributed by atoms with van der Waals surface area (Å²) in [5, 5.41) is 0.652. The molecule has 0 nitrogen and oxygen atoms in total. The zero-order valence-corrected chi connectivity index (χ0v) is 12.5. The Morgan fingerprint density at radius 1 is 1.06 bits per heavy atom. The molecule has 1 aromatic carbocycles. The Balaban J connectivity index is 2.90. The Labute approximate surface area is 111 Å². The van der Waals surface area contributed by atoms with Crippen molar-refractivity contribution in [3.8, 4) is 0 Å². The summed E-state index contributed by atoms with van der Waals surface area (Å²) in [4.78, 5) is 1.37. The number of allylic oxidation sites excluding steroid dienone is 2. The Kier molecular flexibility index (Phi) is 5.84. The normalized spacial score (nSPS) is 10.7. The van der Waals surface area contributed by atoms with Gasteiger partial charge >= 0.3 is 0 Å². The molecule has 0 spiro atoms. The van der Waals surface area contributed by atoms with Crippen molar-refractivity contribution in [2.45, 2.75) is 57.6 Å². The lowest BCUT2D eigenvalue weighted by Gasteiger charge is -2.10. The average Bonchev–Trinajstić information content (AvgIpc) is 2.30. The van der Waals surface area contributed by atoms with Gasteiger partial charge in [-0.1, -0.05) is 45.4 Å². The lowest BCUT2D eigenvalue weighted by atomic mass is 9.98. The summed E-state index contributed by atoms with van der Waals surface area (Å²) >= 11 is 1.92. The molecule has 1 heteroatoms. The van der Waals surface area contributed by atoms with Gasteiger partial charge in [0.25, 0.3) is 0 Å². The van der Waals surface area contributed by atoms with Gasteiger partial charge < -0.3 is 0 Å². The lowest BCUT2D eigenvalue weighted by Crippen LogP contribution is -1.89. The highest BCUT2D eigenvalue weighted by molar-refractivity contribution is 7.99. The van der Waals surface area contributed by atoms with E-state index < -0.39 is 0 Å². The summed E-state index contributed by atoms with van der Waals surface area (Å²) in [6.45, 7) is 11.2. The highest BCUT2D eigenvalue weighted by Gasteiger charge is 2.03. The molecule has 0 saturated carbocycles. The fourth-order valence-corrected chi connectivity index (χ4v) is 2.88. The zero-order chi connectivity index (χ0) is 12.8. The molecule has 0 aliphatic rings. The van der Waals surface area contributed by atoms with E-state index in [1.807, 2.05) is 11.8 Å². The quantitative estimate of drug-likeness (QED) is 0.595. The standard InChI is InChI=1S/C16H24S/c1-6-14(7-2)13(5)15-8-10-16(11-9-15)17-12(3)4/h8-12H,6-7H2,1-5H3. The minimum absolute atomic E-state index is 0.652. The molecule has 17 heavy (non-hydrogen) atoms. The minimum atomic E-state index is 0.652. The molecule has 1 rings (SSSR count). The van der Waals surface area contributed by atoms with E-state index in [2.05, 4.69) is 58.9 Å². The topological polar surface area (TPSA) is 0 Å². The van der Waals surface area contributed by atoms with E-state index in [4.69, 9.17) is 0 Å². The molecule has 0 bridgehead atoms. The fourth-order valence-electron chi connectivity index (χ4n) is 2.04. The van der Waals surface area contributed by atoms with Crippen LogP contribution in [0, 0.1) is 0 Å². The van der Waals surface area contributed by atoms with Crippen LogP contribution in [0.25, 0.3) is 5.57 Å². The maximum atomic E-state index is 2.26. The van der Waals surface area contributed by atoms with E-state index in [0.29, 0.717) is 5.25 Å². The third-order valence-corrected chi connectivity index (χ3v) is 4.06. The molecular formula is C16H24S. The summed E-state index contributed by atoms with van der Waals surface area (Å²) in [5.41, 5.74) is 4.39. The maximum absolute atomic E-state index is 2.26. The van der Waals surface area contributed by atoms with Crippen LogP contribution < -0.4 is 0 Å². The summed E-state index contributed by atoms with van der Waals surface area (Å²) in [7, 11) is 0. The average molecular weight is 248 g/mol. The molecule has 1 aromatic rings. The van der Waals surface area contributed by atoms with Gasteiger partial charge in [0.05, 0.1) is 0 Å². The van der Waals surface area contributed by atoms with Crippen molar-refractivity contribution in [2.24, 2.45) is 0 Å². The van der Waals surface area contributed by atoms with Crippen LogP contribution >= 0.6 is 11.8 Å². The van der Waals surface area contributed by atoms with Crippen molar-refractivity contribution in [3.63, 3.8) is 0 Å². The molecule has 0 radical (unpaired) electrons. The summed E-state index contributed by atoms with van der Waals surface area (Å²) in [5.74, 6) is 0. The van der Waals surface area contributed by atoms with Crippen LogP contribution in [0.1, 0.15) is 53.0 Å². The number of hydrogen-bond acceptors (Lipinski definition) is 1. The van der Waals surface area contributed by atoms with E-state index in [-0.39, 0.29) is 0 Å². The van der Waals surface area contributed by atoms with E-state index in [1.165, 1.54) is 16.0 Å². The van der Waals surface area contributed by atoms with Crippen molar-refractivity contribution >= 4 is 17.3 Å². The molecule has 0 fully saturated rings. The molecule has 94 valence electrons. The van der Waals surface area contributed by atoms with Crippen LogP contribution in [-0.2, 0) is 0 Å². The molecule has 0 amide bonds. The summed E-state index contributed by atoms with van der Waals surface area (Å²) < 4.78 is 0. The second-order valence-electron chi connectivity index (χ2n) is 4.63. The van der Waals surface area contributed by atoms with Gasteiger partial charge in [0.2, 0.25) is 0 Å². The first-order valence-electron chi connectivity index (χ1n) is 6.54. The van der Waals surface area contributed by atoms with Crippen molar-refractivity contribution in [1.82, 2.24) is 0 Å². The van der Waals surface area contributed by atoms with Gasteiger partial charge in [0.1, 0.15) is 0 Å². The van der Waals surface area contributed by atoms with E-state index in [0.717, 1.165) is 12.8 Å². The van der Waals surface area contributed by atoms with Gasteiger partial charge in [-0.2, -0.15) is 0 Å². The van der Waals surface area contributed by atoms with Gasteiger partial charge in [0, 0.05) is 10.1 Å². The van der Waals surface area contributed by atoms with Crippen molar-refractivity contribution in [1.29, 1.82) is 0 Å². The van der Waals surface area contributed by atoms with Gasteiger partial charge in [-0.05, 0) is 43.0 Å². The zero-order valence-electron chi connectivity index (χ0n) is 11.7. The summed E-state index contributed by atoms with van der Waals surface area (Å²) in [6, 6.07) is 9.00. The molecule has 0 aliphatic heterocycles. The lowest BCUT2D eigenvalue weighted by molar-refractivity contribution is 0.979. The maximum Gasteiger partial charge on any atom is 0.00749 e. The van der Waals surface area contributed by atoms with Gasteiger partial charge in [-0.3, -0.25) is 0 Å². The Morgan fingerprint density at radius 2 is 1.59 bits per heavy atom. The fraction of sp³-hybridized carbons (Fsp3) is 0.500. The van der Waals surface area contributed by atoms with E-state index in [9.17, 15) is 0 Å². The van der Waals surface area contributed by atoms with Crippen LogP contribution in [0.4, 0.5) is 0 Å². The molecule has 0 atom stereocenters. The SMILES string of the molecule is CCC(CC)=C(C)c1ccc(SC(C)C)cc1. The first kappa shape index (κ1) is 14.4. The van der Waals surface area contributed by atoms with Crippen LogP contribution in [-0.4, -0.2) is 5.25 Å². The third kappa shape index (κ3) is 4.23. The second-order valence-corrected chi connectivity index (χ2v) is 6.28. The number of rotatable bonds is 5. The molecule has 0 aromatic heterocycles. The van der Waals surface area contributed by atoms with Crippen LogP contribution in [0.15, 0.2) is 34.7 Å². The smallest absolute Gasteiger partial charge is 0.00749 e. The van der Waals surface area contributed by atoms with Gasteiger partial charge in [0.15, 0.2) is 0 Å². The minimum Gasteiger partial charge on any atom is -0.123 e. The molecule has 0 saturated heterocycles. The molecular weight excluding hydrogens is 224 g/mol. The summed E-state index contributed by atoms with van der Waals surface area (Å²) in [6.07, 6.45) is 2.32. The van der Waals surface area contributed by atoms with E-state index >= 15 is 0 Å². The third-order valence-electron chi connectivity index (χ3n) is 3.04. The highest BCUT2D eigenvalue weighted by atomic mass is 32.2. The van der Waals surface area contributed by atoms with E-state index in [1.54, 1.807) is 5.57 Å². The highest BCUT2D eigenvalue weighted by Crippen LogP contribution is 2.27. The van der Waals surface area contributed by atoms with Crippen molar-refractivity contribution in [2.75, 3.05) is 0 Å². The number of thioether (sulfide) groups is 1. The van der Waals surface area contributed by atoms with Crippen molar-refractivity contribution in [3.05, 3.63) is 35.4 Å². The van der Waals surface area contributed by atoms with Gasteiger partial charge in [-0.25, -0.2) is 0 Å². The molecule has 0 N–H and O–H groups in total. The Bertz CT molecular complexity index is 365. The van der Waals surface area contributed by atoms with Crippen LogP contribution in [0.3, 0.4) is 0 Å². The Hall–Kier alpha value is -0.690. The van der Waals surface area contributed by atoms with Crippen LogP contribution in [0.2, 0.25) is 0 Å². The predicted molar refractivity (Wildman–Crippen MR) is 80.6 cm³/mol. The molecule has 0 aliphatic carbocycles. The second kappa shape index (κ2) is 6.90. The predicted octanol–water partition coefficient (Wildman–Crippen LogP) is 5.78. The number of hydrogen-bond donors (Lipinski definition) is 0. The van der Waals surface area contributed by atoms with Crippen LogP contribution in [0.5, 0.6) is 0 Å². The first-order chi connectivity index (χ1) is 8.08. The van der Waals surface area contributed by atoms with Gasteiger partial charge in [-0.15, -0.1) is 11.8 Å². The number of benzene rings is 1. The monoisotopic (exact) mass is 248 g/mol. The largest absolute Gasteiger partial charge is 0.123 e. The van der Waals surface area contributed by atoms with Crippen molar-refractivity contribution < 1.29 is 0 Å². The Morgan fingerprint density at radius 3 is 2.00 bits per heavy atom. The molecule has 0 unspecified atom stereocenters. The first-order valence-corrected chi connectivity index (χ1v) is 7.42.